The first-order chi connectivity index (χ1) is 24.6. The minimum atomic E-state index is -0.117. The lowest BCUT2D eigenvalue weighted by Gasteiger charge is -2.30. The van der Waals surface area contributed by atoms with Crippen LogP contribution in [0.5, 0.6) is 0 Å². The molecule has 238 valence electrons. The fraction of sp³-hybridized carbons (Fsp3) is 0.0612. The monoisotopic (exact) mass is 639 g/mol. The molecular weight excluding hydrogens is 603 g/mol. The summed E-state index contributed by atoms with van der Waals surface area (Å²) in [6, 6.07) is 68.7. The van der Waals surface area contributed by atoms with E-state index in [0.29, 0.717) is 0 Å². The molecule has 9 rings (SSSR count). The lowest BCUT2D eigenvalue weighted by atomic mass is 9.82. The highest BCUT2D eigenvalue weighted by Gasteiger charge is 2.37. The van der Waals surface area contributed by atoms with Crippen LogP contribution in [-0.4, -0.2) is 0 Å². The van der Waals surface area contributed by atoms with Crippen LogP contribution in [0.25, 0.3) is 55.3 Å². The molecule has 0 saturated carbocycles. The molecule has 0 aliphatic heterocycles. The molecular formula is C49H37N. The van der Waals surface area contributed by atoms with Crippen molar-refractivity contribution >= 4 is 27.8 Å². The number of nitrogens with zero attached hydrogens (tertiary/aromatic N) is 1. The van der Waals surface area contributed by atoms with E-state index >= 15 is 0 Å². The van der Waals surface area contributed by atoms with Crippen molar-refractivity contribution in [2.24, 2.45) is 0 Å². The van der Waals surface area contributed by atoms with Crippen molar-refractivity contribution in [1.82, 2.24) is 0 Å². The lowest BCUT2D eigenvalue weighted by Crippen LogP contribution is -2.15. The fourth-order valence-electron chi connectivity index (χ4n) is 7.92. The van der Waals surface area contributed by atoms with E-state index in [1.165, 1.54) is 66.4 Å². The average Bonchev–Trinajstić information content (AvgIpc) is 3.41. The van der Waals surface area contributed by atoms with Gasteiger partial charge >= 0.3 is 0 Å². The summed E-state index contributed by atoms with van der Waals surface area (Å²) in [4.78, 5) is 2.46. The third-order valence-corrected chi connectivity index (χ3v) is 10.4. The van der Waals surface area contributed by atoms with Crippen LogP contribution in [0.2, 0.25) is 0 Å². The SMILES string of the molecule is CC1(C)c2ccc(N(c3ccc4ccccc4c3)c3ccc(-c4ccccc4)cc3-c3ccccc3)cc2-c2c(-c3ccccc3)cccc21. The van der Waals surface area contributed by atoms with Gasteiger partial charge in [0, 0.05) is 22.4 Å². The second kappa shape index (κ2) is 12.1. The van der Waals surface area contributed by atoms with Crippen LogP contribution >= 0.6 is 0 Å². The number of fused-ring (bicyclic) bond motifs is 4. The number of hydrogen-bond acceptors (Lipinski definition) is 1. The van der Waals surface area contributed by atoms with Gasteiger partial charge in [0.25, 0.3) is 0 Å². The molecule has 1 aliphatic rings. The number of hydrogen-bond donors (Lipinski definition) is 0. The van der Waals surface area contributed by atoms with Gasteiger partial charge in [0.1, 0.15) is 0 Å². The Hall–Kier alpha value is -6.18. The number of anilines is 3. The molecule has 8 aromatic carbocycles. The quantitative estimate of drug-likeness (QED) is 0.175. The summed E-state index contributed by atoms with van der Waals surface area (Å²) in [5, 5.41) is 2.45. The third-order valence-electron chi connectivity index (χ3n) is 10.4. The zero-order valence-corrected chi connectivity index (χ0v) is 28.3. The third kappa shape index (κ3) is 5.02. The van der Waals surface area contributed by atoms with Crippen LogP contribution < -0.4 is 4.90 Å². The van der Waals surface area contributed by atoms with Gasteiger partial charge < -0.3 is 4.90 Å². The van der Waals surface area contributed by atoms with Gasteiger partial charge in [-0.2, -0.15) is 0 Å². The van der Waals surface area contributed by atoms with Gasteiger partial charge in [0.15, 0.2) is 0 Å². The second-order valence-corrected chi connectivity index (χ2v) is 13.8. The highest BCUT2D eigenvalue weighted by Crippen LogP contribution is 2.54. The van der Waals surface area contributed by atoms with Gasteiger partial charge in [0.05, 0.1) is 5.69 Å². The Balaban J connectivity index is 1.31. The first-order valence-corrected chi connectivity index (χ1v) is 17.4. The van der Waals surface area contributed by atoms with Crippen molar-refractivity contribution in [2.75, 3.05) is 4.90 Å². The van der Waals surface area contributed by atoms with E-state index in [0.717, 1.165) is 17.1 Å². The first-order valence-electron chi connectivity index (χ1n) is 17.4. The van der Waals surface area contributed by atoms with Crippen molar-refractivity contribution in [1.29, 1.82) is 0 Å². The van der Waals surface area contributed by atoms with Crippen LogP contribution in [0.4, 0.5) is 17.1 Å². The zero-order chi connectivity index (χ0) is 33.7. The molecule has 0 heterocycles. The second-order valence-electron chi connectivity index (χ2n) is 13.8. The molecule has 0 amide bonds. The summed E-state index contributed by atoms with van der Waals surface area (Å²) in [5.41, 5.74) is 16.0. The van der Waals surface area contributed by atoms with Crippen molar-refractivity contribution < 1.29 is 0 Å². The number of benzene rings is 8. The van der Waals surface area contributed by atoms with E-state index in [9.17, 15) is 0 Å². The molecule has 1 aliphatic carbocycles. The molecule has 1 nitrogen and oxygen atoms in total. The Bertz CT molecular complexity index is 2490. The van der Waals surface area contributed by atoms with Crippen LogP contribution in [0.3, 0.4) is 0 Å². The molecule has 0 atom stereocenters. The van der Waals surface area contributed by atoms with E-state index in [-0.39, 0.29) is 5.41 Å². The molecule has 0 saturated heterocycles. The van der Waals surface area contributed by atoms with Crippen molar-refractivity contribution in [3.05, 3.63) is 199 Å². The summed E-state index contributed by atoms with van der Waals surface area (Å²) in [5.74, 6) is 0. The maximum absolute atomic E-state index is 2.46. The molecule has 0 fully saturated rings. The predicted octanol–water partition coefficient (Wildman–Crippen LogP) is 13.6. The molecule has 0 unspecified atom stereocenters. The first kappa shape index (κ1) is 29.9. The Labute approximate surface area is 294 Å². The summed E-state index contributed by atoms with van der Waals surface area (Å²) in [6.07, 6.45) is 0. The van der Waals surface area contributed by atoms with Gasteiger partial charge in [-0.25, -0.2) is 0 Å². The Morgan fingerprint density at radius 1 is 0.360 bits per heavy atom. The van der Waals surface area contributed by atoms with E-state index in [1.807, 2.05) is 0 Å². The van der Waals surface area contributed by atoms with Crippen molar-refractivity contribution in [3.8, 4) is 44.5 Å². The van der Waals surface area contributed by atoms with Crippen LogP contribution in [0.15, 0.2) is 188 Å². The van der Waals surface area contributed by atoms with Crippen molar-refractivity contribution in [2.45, 2.75) is 19.3 Å². The Morgan fingerprint density at radius 3 is 1.68 bits per heavy atom. The van der Waals surface area contributed by atoms with E-state index < -0.39 is 0 Å². The lowest BCUT2D eigenvalue weighted by molar-refractivity contribution is 0.660. The molecule has 1 heteroatoms. The van der Waals surface area contributed by atoms with E-state index in [2.05, 4.69) is 207 Å². The van der Waals surface area contributed by atoms with Gasteiger partial charge in [-0.1, -0.05) is 166 Å². The number of rotatable bonds is 6. The van der Waals surface area contributed by atoms with Crippen molar-refractivity contribution in [3.63, 3.8) is 0 Å². The highest BCUT2D eigenvalue weighted by molar-refractivity contribution is 5.98. The van der Waals surface area contributed by atoms with Gasteiger partial charge in [-0.15, -0.1) is 0 Å². The topological polar surface area (TPSA) is 3.24 Å². The normalized spacial score (nSPS) is 12.8. The Kier molecular flexibility index (Phi) is 7.21. The smallest absolute Gasteiger partial charge is 0.0540 e. The standard InChI is InChI=1S/C49H37N/c1-49(2)45-29-28-41(33-44(45)48-42(23-14-24-46(48)49)36-18-8-4-9-19-36)50(40-27-25-35-17-12-13-22-38(35)31-40)47-30-26-39(34-15-6-3-7-16-34)32-43(47)37-20-10-5-11-21-37/h3-33H,1-2H3. The Morgan fingerprint density at radius 2 is 0.960 bits per heavy atom. The molecule has 0 radical (unpaired) electrons. The van der Waals surface area contributed by atoms with E-state index in [4.69, 9.17) is 0 Å². The highest BCUT2D eigenvalue weighted by atomic mass is 15.1. The van der Waals surface area contributed by atoms with Crippen LogP contribution in [-0.2, 0) is 5.41 Å². The summed E-state index contributed by atoms with van der Waals surface area (Å²) < 4.78 is 0. The molecule has 0 aromatic heterocycles. The van der Waals surface area contributed by atoms with Crippen LogP contribution in [0.1, 0.15) is 25.0 Å². The van der Waals surface area contributed by atoms with E-state index in [1.54, 1.807) is 0 Å². The molecule has 0 bridgehead atoms. The summed E-state index contributed by atoms with van der Waals surface area (Å²) in [7, 11) is 0. The molecule has 50 heavy (non-hydrogen) atoms. The fourth-order valence-corrected chi connectivity index (χ4v) is 7.92. The predicted molar refractivity (Wildman–Crippen MR) is 213 cm³/mol. The minimum Gasteiger partial charge on any atom is -0.310 e. The zero-order valence-electron chi connectivity index (χ0n) is 28.3. The average molecular weight is 640 g/mol. The molecule has 0 N–H and O–H groups in total. The van der Waals surface area contributed by atoms with Crippen LogP contribution in [0, 0.1) is 0 Å². The van der Waals surface area contributed by atoms with Gasteiger partial charge in [0.2, 0.25) is 0 Å². The molecule has 8 aromatic rings. The molecule has 0 spiro atoms. The largest absolute Gasteiger partial charge is 0.310 e. The maximum Gasteiger partial charge on any atom is 0.0540 e. The maximum atomic E-state index is 2.46. The minimum absolute atomic E-state index is 0.117. The summed E-state index contributed by atoms with van der Waals surface area (Å²) >= 11 is 0. The summed E-state index contributed by atoms with van der Waals surface area (Å²) in [6.45, 7) is 4.73. The van der Waals surface area contributed by atoms with Gasteiger partial charge in [-0.05, 0) is 97.2 Å². The van der Waals surface area contributed by atoms with Gasteiger partial charge in [-0.3, -0.25) is 0 Å².